The summed E-state index contributed by atoms with van der Waals surface area (Å²) in [6.07, 6.45) is 7.97. The van der Waals surface area contributed by atoms with Crippen LogP contribution in [-0.4, -0.2) is 57.1 Å². The number of carbonyl (C=O) groups is 1. The average molecular weight is 702 g/mol. The molecule has 1 aliphatic carbocycles. The maximum absolute atomic E-state index is 16.8. The minimum atomic E-state index is -4.58. The molecule has 3 atom stereocenters. The highest BCUT2D eigenvalue weighted by molar-refractivity contribution is 7.89. The smallest absolute Gasteiger partial charge is 0.298 e. The molecule has 2 heterocycles. The largest absolute Gasteiger partial charge is 0.496 e. The van der Waals surface area contributed by atoms with E-state index in [0.717, 1.165) is 18.9 Å². The molecule has 0 aromatic heterocycles. The number of nitrogens with zero attached hydrogens (tertiary/aromatic N) is 1. The van der Waals surface area contributed by atoms with Gasteiger partial charge in [-0.05, 0) is 92.5 Å². The van der Waals surface area contributed by atoms with Gasteiger partial charge in [0.05, 0.1) is 18.6 Å². The predicted octanol–water partition coefficient (Wildman–Crippen LogP) is 6.89. The highest BCUT2D eigenvalue weighted by atomic mass is 35.5. The van der Waals surface area contributed by atoms with Crippen molar-refractivity contribution in [2.24, 2.45) is 11.7 Å². The van der Waals surface area contributed by atoms with E-state index < -0.39 is 33.5 Å². The van der Waals surface area contributed by atoms with Crippen molar-refractivity contribution in [3.05, 3.63) is 77.3 Å². The van der Waals surface area contributed by atoms with Gasteiger partial charge in [0.15, 0.2) is 6.04 Å². The third kappa shape index (κ3) is 7.34. The van der Waals surface area contributed by atoms with E-state index in [1.807, 2.05) is 0 Å². The number of hydrogen-bond acceptors (Lipinski definition) is 6. The quantitative estimate of drug-likeness (QED) is 0.225. The van der Waals surface area contributed by atoms with Crippen molar-refractivity contribution in [3.63, 3.8) is 0 Å². The Morgan fingerprint density at radius 2 is 1.62 bits per heavy atom. The highest BCUT2D eigenvalue weighted by Crippen LogP contribution is 2.42. The van der Waals surface area contributed by atoms with Crippen LogP contribution < -0.4 is 19.9 Å². The second-order valence-electron chi connectivity index (χ2n) is 13.2. The molecule has 0 spiro atoms. The van der Waals surface area contributed by atoms with Crippen LogP contribution in [0.25, 0.3) is 11.1 Å². The summed E-state index contributed by atoms with van der Waals surface area (Å²) in [4.78, 5) is 15.4. The van der Waals surface area contributed by atoms with Crippen molar-refractivity contribution < 1.29 is 31.5 Å². The van der Waals surface area contributed by atoms with Crippen molar-refractivity contribution >= 4 is 27.5 Å². The summed E-state index contributed by atoms with van der Waals surface area (Å²) in [5.74, 6) is -3.85. The van der Waals surface area contributed by atoms with Gasteiger partial charge in [-0.3, -0.25) is 4.79 Å². The van der Waals surface area contributed by atoms with Gasteiger partial charge < -0.3 is 20.1 Å². The van der Waals surface area contributed by atoms with Crippen LogP contribution in [0.3, 0.4) is 0 Å². The Hall–Kier alpha value is -3.25. The number of amides is 1. The summed E-state index contributed by atoms with van der Waals surface area (Å²) in [7, 11) is -3.22. The van der Waals surface area contributed by atoms with Gasteiger partial charge in [0.1, 0.15) is 11.5 Å². The fourth-order valence-corrected chi connectivity index (χ4v) is 8.76. The Morgan fingerprint density at radius 1 is 0.979 bits per heavy atom. The fourth-order valence-electron chi connectivity index (χ4n) is 7.45. The van der Waals surface area contributed by atoms with Crippen molar-refractivity contribution in [3.8, 4) is 22.6 Å². The molecule has 3 aromatic carbocycles. The molecule has 2 aliphatic heterocycles. The number of sulfonamides is 1. The number of halogens is 3. The van der Waals surface area contributed by atoms with Crippen molar-refractivity contribution in [2.45, 2.75) is 92.8 Å². The molecule has 3 fully saturated rings. The van der Waals surface area contributed by atoms with Gasteiger partial charge in [-0.25, -0.2) is 8.42 Å². The average Bonchev–Trinajstić information content (AvgIpc) is 3.36. The molecular formula is C36H42ClF2N3O5S. The number of nitrogens with one attached hydrogen (secondary N) is 1. The van der Waals surface area contributed by atoms with Crippen LogP contribution in [0.1, 0.15) is 63.4 Å². The molecule has 1 saturated carbocycles. The molecule has 2 bridgehead atoms. The minimum absolute atomic E-state index is 0.136. The number of hydrogen-bond donors (Lipinski definition) is 2. The number of alkyl halides is 2. The van der Waals surface area contributed by atoms with Crippen LogP contribution in [0.4, 0.5) is 8.78 Å². The molecule has 2 unspecified atom stereocenters. The number of rotatable bonds is 11. The van der Waals surface area contributed by atoms with Crippen LogP contribution in [0, 0.1) is 5.92 Å². The molecule has 2 saturated heterocycles. The number of ether oxygens (including phenoxy) is 2. The lowest BCUT2D eigenvalue weighted by atomic mass is 9.90. The number of nitrogens with two attached hydrogens (primary N) is 1. The normalized spacial score (nSPS) is 22.4. The van der Waals surface area contributed by atoms with Gasteiger partial charge in [0.25, 0.3) is 5.92 Å². The Labute approximate surface area is 286 Å². The predicted molar refractivity (Wildman–Crippen MR) is 181 cm³/mol. The second-order valence-corrected chi connectivity index (χ2v) is 15.4. The fraction of sp³-hybridized carbons (Fsp3) is 0.472. The lowest BCUT2D eigenvalue weighted by Crippen LogP contribution is -2.60. The van der Waals surface area contributed by atoms with Crippen LogP contribution >= 0.6 is 11.6 Å². The summed E-state index contributed by atoms with van der Waals surface area (Å²) < 4.78 is 74.5. The topological polar surface area (TPSA) is 111 Å². The zero-order valence-electron chi connectivity index (χ0n) is 26.9. The first-order valence-corrected chi connectivity index (χ1v) is 18.5. The summed E-state index contributed by atoms with van der Waals surface area (Å²) >= 11 is 6.03. The van der Waals surface area contributed by atoms with E-state index in [1.54, 1.807) is 24.3 Å². The van der Waals surface area contributed by atoms with Gasteiger partial charge in [-0.15, -0.1) is 0 Å². The lowest BCUT2D eigenvalue weighted by Gasteiger charge is -2.41. The molecule has 3 N–H and O–H groups in total. The third-order valence-corrected chi connectivity index (χ3v) is 11.7. The van der Waals surface area contributed by atoms with E-state index in [1.165, 1.54) is 67.7 Å². The summed E-state index contributed by atoms with van der Waals surface area (Å²) in [5, 5.41) is 0.517. The van der Waals surface area contributed by atoms with Crippen molar-refractivity contribution in [1.82, 2.24) is 9.62 Å². The number of carbonyl (C=O) groups excluding carboxylic acids is 1. The third-order valence-electron chi connectivity index (χ3n) is 9.99. The number of piperidine rings is 1. The Balaban J connectivity index is 1.30. The standard InChI is InChI=1S/C36H42ClF2N3O5S/c1-46-33-19-25(9-18-32(33)24-7-10-26(37)11-8-24)36(38,39)34(35(43)42-28-12-13-29(42)21-27(40)20-28)41-48(44,45)31-16-14-30(15-17-31)47-22-23-5-3-2-4-6-23/h7-11,14-19,23,27-29,34,41H,2-6,12-13,20-22,40H2,1H3/t27?,28?,29?,34-/m0/s1. The second kappa shape index (κ2) is 14.3. The van der Waals surface area contributed by atoms with Crippen LogP contribution in [0.2, 0.25) is 5.02 Å². The first-order valence-electron chi connectivity index (χ1n) is 16.6. The molecule has 0 radical (unpaired) electrons. The van der Waals surface area contributed by atoms with E-state index in [4.69, 9.17) is 26.8 Å². The Kier molecular flexibility index (Phi) is 10.3. The molecule has 6 rings (SSSR count). The van der Waals surface area contributed by atoms with Gasteiger partial charge in [0, 0.05) is 34.3 Å². The van der Waals surface area contributed by atoms with Crippen LogP contribution in [0.15, 0.2) is 71.6 Å². The Morgan fingerprint density at radius 3 is 2.25 bits per heavy atom. The van der Waals surface area contributed by atoms with Gasteiger partial charge in [-0.2, -0.15) is 13.5 Å². The highest BCUT2D eigenvalue weighted by Gasteiger charge is 2.54. The van der Waals surface area contributed by atoms with E-state index in [9.17, 15) is 13.2 Å². The maximum Gasteiger partial charge on any atom is 0.298 e. The van der Waals surface area contributed by atoms with Crippen LogP contribution in [-0.2, 0) is 20.7 Å². The van der Waals surface area contributed by atoms with E-state index in [-0.39, 0.29) is 28.8 Å². The first kappa shape index (κ1) is 34.6. The maximum atomic E-state index is 16.8. The SMILES string of the molecule is COc1cc(C(F)(F)[C@@H](NS(=O)(=O)c2ccc(OCC3CCCCC3)cc2)C(=O)N2C3CCC2CC(N)C3)ccc1-c1ccc(Cl)cc1. The Bertz CT molecular complexity index is 1690. The molecule has 3 aliphatic rings. The summed E-state index contributed by atoms with van der Waals surface area (Å²) in [6, 6.07) is 13.0. The first-order chi connectivity index (χ1) is 23.0. The molecular weight excluding hydrogens is 660 g/mol. The number of benzene rings is 3. The monoisotopic (exact) mass is 701 g/mol. The van der Waals surface area contributed by atoms with E-state index >= 15 is 8.78 Å². The zero-order valence-corrected chi connectivity index (χ0v) is 28.5. The summed E-state index contributed by atoms with van der Waals surface area (Å²) in [6.45, 7) is 0.537. The zero-order chi connectivity index (χ0) is 34.1. The van der Waals surface area contributed by atoms with E-state index in [2.05, 4.69) is 4.72 Å². The van der Waals surface area contributed by atoms with Gasteiger partial charge in [-0.1, -0.05) is 55.1 Å². The van der Waals surface area contributed by atoms with E-state index in [0.29, 0.717) is 60.1 Å². The molecule has 1 amide bonds. The van der Waals surface area contributed by atoms with Gasteiger partial charge >= 0.3 is 0 Å². The number of methoxy groups -OCH3 is 1. The summed E-state index contributed by atoms with van der Waals surface area (Å²) in [5.41, 5.74) is 6.85. The molecule has 258 valence electrons. The lowest BCUT2D eigenvalue weighted by molar-refractivity contribution is -0.149. The molecule has 3 aromatic rings. The molecule has 12 heteroatoms. The van der Waals surface area contributed by atoms with Crippen molar-refractivity contribution in [1.29, 1.82) is 0 Å². The molecule has 48 heavy (non-hydrogen) atoms. The molecule has 8 nitrogen and oxygen atoms in total. The van der Waals surface area contributed by atoms with Crippen LogP contribution in [0.5, 0.6) is 11.5 Å². The minimum Gasteiger partial charge on any atom is -0.496 e. The van der Waals surface area contributed by atoms with Crippen molar-refractivity contribution in [2.75, 3.05) is 13.7 Å². The number of fused-ring (bicyclic) bond motifs is 2. The van der Waals surface area contributed by atoms with Gasteiger partial charge in [0.2, 0.25) is 15.9 Å².